The summed E-state index contributed by atoms with van der Waals surface area (Å²) < 4.78 is 8.75. The molecule has 0 fully saturated rings. The van der Waals surface area contributed by atoms with Crippen molar-refractivity contribution in [2.24, 2.45) is 7.05 Å². The molecule has 0 amide bonds. The Morgan fingerprint density at radius 2 is 2.19 bits per heavy atom. The molecule has 0 saturated heterocycles. The summed E-state index contributed by atoms with van der Waals surface area (Å²) in [6, 6.07) is 6.00. The van der Waals surface area contributed by atoms with Crippen molar-refractivity contribution in [3.8, 4) is 5.75 Å². The normalized spacial score (nSPS) is 10.9. The van der Waals surface area contributed by atoms with E-state index in [-0.39, 0.29) is 0 Å². The second kappa shape index (κ2) is 7.29. The molecule has 114 valence electrons. The molecule has 1 heterocycles. The lowest BCUT2D eigenvalue weighted by Crippen LogP contribution is -2.13. The molecule has 2 aromatic rings. The predicted octanol–water partition coefficient (Wildman–Crippen LogP) is 3.83. The maximum atomic E-state index is 6.25. The van der Waals surface area contributed by atoms with Crippen LogP contribution in [0.5, 0.6) is 5.75 Å². The number of benzene rings is 1. The third-order valence-electron chi connectivity index (χ3n) is 3.21. The molecule has 0 bridgehead atoms. The van der Waals surface area contributed by atoms with Crippen LogP contribution in [0.4, 0.5) is 0 Å². The average molecular weight is 373 g/mol. The van der Waals surface area contributed by atoms with E-state index in [9.17, 15) is 0 Å². The summed E-state index contributed by atoms with van der Waals surface area (Å²) in [4.78, 5) is 0. The molecule has 0 aliphatic heterocycles. The molecular formula is C15H19BrClN3O. The Morgan fingerprint density at radius 3 is 2.81 bits per heavy atom. The van der Waals surface area contributed by atoms with E-state index in [1.54, 1.807) is 4.68 Å². The minimum Gasteiger partial charge on any atom is -0.487 e. The summed E-state index contributed by atoms with van der Waals surface area (Å²) in [5.74, 6) is 0.856. The van der Waals surface area contributed by atoms with Crippen LogP contribution in [-0.4, -0.2) is 16.3 Å². The molecule has 0 unspecified atom stereocenters. The van der Waals surface area contributed by atoms with Crippen LogP contribution >= 0.6 is 27.5 Å². The first-order chi connectivity index (χ1) is 10.0. The van der Waals surface area contributed by atoms with Gasteiger partial charge < -0.3 is 10.1 Å². The molecule has 2 rings (SSSR count). The lowest BCUT2D eigenvalue weighted by Gasteiger charge is -2.13. The lowest BCUT2D eigenvalue weighted by molar-refractivity contribution is 0.291. The molecule has 0 radical (unpaired) electrons. The molecule has 0 aliphatic rings. The number of rotatable bonds is 6. The predicted molar refractivity (Wildman–Crippen MR) is 88.8 cm³/mol. The highest BCUT2D eigenvalue weighted by Crippen LogP contribution is 2.26. The van der Waals surface area contributed by atoms with E-state index >= 15 is 0 Å². The molecule has 1 aromatic carbocycles. The molecule has 4 nitrogen and oxygen atoms in total. The maximum absolute atomic E-state index is 6.25. The number of hydrogen-bond acceptors (Lipinski definition) is 3. The van der Waals surface area contributed by atoms with Crippen molar-refractivity contribution in [3.05, 3.63) is 44.6 Å². The van der Waals surface area contributed by atoms with Crippen LogP contribution in [0.2, 0.25) is 5.02 Å². The molecule has 0 spiro atoms. The fourth-order valence-corrected chi connectivity index (χ4v) is 2.69. The van der Waals surface area contributed by atoms with Gasteiger partial charge in [-0.3, -0.25) is 4.68 Å². The smallest absolute Gasteiger partial charge is 0.131 e. The van der Waals surface area contributed by atoms with Crippen molar-refractivity contribution in [2.75, 3.05) is 6.54 Å². The van der Waals surface area contributed by atoms with Gasteiger partial charge in [0.1, 0.15) is 12.4 Å². The average Bonchev–Trinajstić information content (AvgIpc) is 2.69. The third kappa shape index (κ3) is 3.99. The Bertz CT molecular complexity index is 628. The van der Waals surface area contributed by atoms with Crippen LogP contribution in [0.25, 0.3) is 0 Å². The van der Waals surface area contributed by atoms with Gasteiger partial charge in [0.2, 0.25) is 0 Å². The van der Waals surface area contributed by atoms with Gasteiger partial charge in [0.25, 0.3) is 0 Å². The largest absolute Gasteiger partial charge is 0.487 e. The summed E-state index contributed by atoms with van der Waals surface area (Å²) in [5, 5.41) is 8.28. The number of nitrogens with zero attached hydrogens (tertiary/aromatic N) is 2. The zero-order valence-corrected chi connectivity index (χ0v) is 14.8. The standard InChI is InChI=1S/C15H19BrClN3O/c1-4-18-8-11-7-12(16)5-6-14(11)21-9-13-15(17)10(2)19-20(13)3/h5-7,18H,4,8-9H2,1-3H3. The van der Waals surface area contributed by atoms with Crippen LogP contribution in [0, 0.1) is 6.92 Å². The zero-order valence-electron chi connectivity index (χ0n) is 12.4. The van der Waals surface area contributed by atoms with Gasteiger partial charge in [-0.05, 0) is 31.7 Å². The van der Waals surface area contributed by atoms with E-state index in [2.05, 4.69) is 39.3 Å². The van der Waals surface area contributed by atoms with E-state index < -0.39 is 0 Å². The maximum Gasteiger partial charge on any atom is 0.131 e. The van der Waals surface area contributed by atoms with Crippen LogP contribution in [0.3, 0.4) is 0 Å². The fraction of sp³-hybridized carbons (Fsp3) is 0.400. The van der Waals surface area contributed by atoms with Gasteiger partial charge in [0, 0.05) is 23.6 Å². The number of nitrogens with one attached hydrogen (secondary N) is 1. The van der Waals surface area contributed by atoms with E-state index in [0.717, 1.165) is 40.3 Å². The van der Waals surface area contributed by atoms with Crippen molar-refractivity contribution >= 4 is 27.5 Å². The van der Waals surface area contributed by atoms with Crippen LogP contribution in [-0.2, 0) is 20.2 Å². The highest BCUT2D eigenvalue weighted by Gasteiger charge is 2.12. The molecule has 0 atom stereocenters. The first-order valence-corrected chi connectivity index (χ1v) is 8.00. The second-order valence-electron chi connectivity index (χ2n) is 4.79. The van der Waals surface area contributed by atoms with Crippen LogP contribution in [0.15, 0.2) is 22.7 Å². The molecule has 21 heavy (non-hydrogen) atoms. The lowest BCUT2D eigenvalue weighted by atomic mass is 10.2. The summed E-state index contributed by atoms with van der Waals surface area (Å²) >= 11 is 9.74. The highest BCUT2D eigenvalue weighted by atomic mass is 79.9. The monoisotopic (exact) mass is 371 g/mol. The Morgan fingerprint density at radius 1 is 1.43 bits per heavy atom. The van der Waals surface area contributed by atoms with Crippen molar-refractivity contribution in [2.45, 2.75) is 27.0 Å². The first-order valence-electron chi connectivity index (χ1n) is 6.82. The second-order valence-corrected chi connectivity index (χ2v) is 6.08. The van der Waals surface area contributed by atoms with Crippen molar-refractivity contribution in [1.29, 1.82) is 0 Å². The minimum absolute atomic E-state index is 0.400. The molecule has 1 aromatic heterocycles. The molecule has 1 N–H and O–H groups in total. The minimum atomic E-state index is 0.400. The SMILES string of the molecule is CCNCc1cc(Br)ccc1OCc1c(Cl)c(C)nn1C. The molecular weight excluding hydrogens is 354 g/mol. The van der Waals surface area contributed by atoms with Crippen molar-refractivity contribution in [3.63, 3.8) is 0 Å². The molecule has 6 heteroatoms. The zero-order chi connectivity index (χ0) is 15.4. The number of halogens is 2. The van der Waals surface area contributed by atoms with Crippen molar-refractivity contribution in [1.82, 2.24) is 15.1 Å². The van der Waals surface area contributed by atoms with Gasteiger partial charge in [0.05, 0.1) is 16.4 Å². The number of aryl methyl sites for hydroxylation is 2. The van der Waals surface area contributed by atoms with E-state index in [1.807, 2.05) is 26.1 Å². The Labute approximate surface area is 138 Å². The van der Waals surface area contributed by atoms with Crippen LogP contribution < -0.4 is 10.1 Å². The topological polar surface area (TPSA) is 39.1 Å². The summed E-state index contributed by atoms with van der Waals surface area (Å²) in [5.41, 5.74) is 2.81. The van der Waals surface area contributed by atoms with Gasteiger partial charge in [-0.1, -0.05) is 34.5 Å². The van der Waals surface area contributed by atoms with E-state index in [1.165, 1.54) is 0 Å². The summed E-state index contributed by atoms with van der Waals surface area (Å²) in [7, 11) is 1.87. The summed E-state index contributed by atoms with van der Waals surface area (Å²) in [6.45, 7) is 6.05. The third-order valence-corrected chi connectivity index (χ3v) is 4.20. The number of ether oxygens (including phenoxy) is 1. The van der Waals surface area contributed by atoms with Gasteiger partial charge >= 0.3 is 0 Å². The van der Waals surface area contributed by atoms with E-state index in [0.29, 0.717) is 11.6 Å². The van der Waals surface area contributed by atoms with Gasteiger partial charge in [-0.25, -0.2) is 0 Å². The van der Waals surface area contributed by atoms with E-state index in [4.69, 9.17) is 16.3 Å². The Kier molecular flexibility index (Phi) is 5.67. The van der Waals surface area contributed by atoms with Crippen LogP contribution in [0.1, 0.15) is 23.9 Å². The Hall–Kier alpha value is -1.04. The first kappa shape index (κ1) is 16.3. The van der Waals surface area contributed by atoms with Gasteiger partial charge in [-0.2, -0.15) is 5.10 Å². The highest BCUT2D eigenvalue weighted by molar-refractivity contribution is 9.10. The summed E-state index contributed by atoms with van der Waals surface area (Å²) in [6.07, 6.45) is 0. The quantitative estimate of drug-likeness (QED) is 0.837. The van der Waals surface area contributed by atoms with Gasteiger partial charge in [0.15, 0.2) is 0 Å². The molecule has 0 aliphatic carbocycles. The Balaban J connectivity index is 2.15. The molecule has 0 saturated carbocycles. The number of hydrogen-bond donors (Lipinski definition) is 1. The van der Waals surface area contributed by atoms with Crippen molar-refractivity contribution < 1.29 is 4.74 Å². The number of aromatic nitrogens is 2. The van der Waals surface area contributed by atoms with Gasteiger partial charge in [-0.15, -0.1) is 0 Å². The fourth-order valence-electron chi connectivity index (χ4n) is 2.07.